The quantitative estimate of drug-likeness (QED) is 0.513. The van der Waals surface area contributed by atoms with E-state index < -0.39 is 0 Å². The minimum Gasteiger partial charge on any atom is -0.103 e. The highest BCUT2D eigenvalue weighted by Crippen LogP contribution is 2.29. The summed E-state index contributed by atoms with van der Waals surface area (Å²) in [7, 11) is 0. The van der Waals surface area contributed by atoms with E-state index in [-0.39, 0.29) is 0 Å². The summed E-state index contributed by atoms with van der Waals surface area (Å²) in [6.07, 6.45) is 8.99. The minimum atomic E-state index is 0.500. The molecule has 1 aliphatic rings. The van der Waals surface area contributed by atoms with Crippen LogP contribution in [0.4, 0.5) is 0 Å². The third kappa shape index (κ3) is 1.86. The van der Waals surface area contributed by atoms with E-state index >= 15 is 0 Å². The number of rotatable bonds is 2. The van der Waals surface area contributed by atoms with E-state index in [1.54, 1.807) is 0 Å². The molecule has 0 heterocycles. The zero-order valence-electron chi connectivity index (χ0n) is 6.68. The largest absolute Gasteiger partial charge is 0.103 e. The maximum absolute atomic E-state index is 4.06. The van der Waals surface area contributed by atoms with Gasteiger partial charge in [0.25, 0.3) is 0 Å². The summed E-state index contributed by atoms with van der Waals surface area (Å²) in [5, 5.41) is 0. The normalized spacial score (nSPS) is 24.1. The van der Waals surface area contributed by atoms with Gasteiger partial charge in [-0.1, -0.05) is 25.3 Å². The summed E-state index contributed by atoms with van der Waals surface area (Å²) >= 11 is 0. The average molecular weight is 137 g/mol. The molecule has 0 spiro atoms. The summed E-state index contributed by atoms with van der Waals surface area (Å²) < 4.78 is 0. The molecule has 10 heavy (non-hydrogen) atoms. The molecule has 0 bridgehead atoms. The van der Waals surface area contributed by atoms with E-state index in [0.717, 1.165) is 5.92 Å². The van der Waals surface area contributed by atoms with Crippen molar-refractivity contribution in [3.63, 3.8) is 0 Å². The van der Waals surface area contributed by atoms with Crippen molar-refractivity contribution in [1.82, 2.24) is 0 Å². The van der Waals surface area contributed by atoms with E-state index in [2.05, 4.69) is 13.5 Å². The van der Waals surface area contributed by atoms with Gasteiger partial charge in [-0.15, -0.1) is 6.58 Å². The van der Waals surface area contributed by atoms with Gasteiger partial charge in [0.2, 0.25) is 0 Å². The number of hydrogen-bond donors (Lipinski definition) is 0. The van der Waals surface area contributed by atoms with Crippen LogP contribution in [0.5, 0.6) is 0 Å². The molecule has 1 fully saturated rings. The molecule has 0 aromatic carbocycles. The molecular weight excluding hydrogens is 120 g/mol. The van der Waals surface area contributed by atoms with Crippen LogP contribution in [0.15, 0.2) is 12.7 Å². The zero-order valence-corrected chi connectivity index (χ0v) is 6.68. The van der Waals surface area contributed by atoms with Crippen LogP contribution in [0, 0.1) is 18.8 Å². The predicted octanol–water partition coefficient (Wildman–Crippen LogP) is 3.20. The highest BCUT2D eigenvalue weighted by molar-refractivity contribution is 4.87. The summed E-state index contributed by atoms with van der Waals surface area (Å²) in [4.78, 5) is 0. The topological polar surface area (TPSA) is 0 Å². The van der Waals surface area contributed by atoms with Crippen molar-refractivity contribution >= 4 is 0 Å². The lowest BCUT2D eigenvalue weighted by Gasteiger charge is -2.25. The Morgan fingerprint density at radius 2 is 1.80 bits per heavy atom. The van der Waals surface area contributed by atoms with E-state index in [1.807, 2.05) is 6.08 Å². The molecule has 0 aromatic rings. The van der Waals surface area contributed by atoms with Crippen LogP contribution >= 0.6 is 0 Å². The van der Waals surface area contributed by atoms with Crippen LogP contribution < -0.4 is 0 Å². The molecular formula is C10H17. The lowest BCUT2D eigenvalue weighted by atomic mass is 9.81. The molecule has 0 aliphatic heterocycles. The molecule has 0 saturated heterocycles. The molecule has 1 unspecified atom stereocenters. The van der Waals surface area contributed by atoms with Gasteiger partial charge in [0.1, 0.15) is 0 Å². The van der Waals surface area contributed by atoms with Crippen LogP contribution in [0.1, 0.15) is 32.1 Å². The standard InChI is InChI=1S/C10H17/c1-3-9(2)10-7-5-4-6-8-10/h3,9-10H,1-2,4-8H2. The van der Waals surface area contributed by atoms with Crippen molar-refractivity contribution < 1.29 is 0 Å². The first-order valence-electron chi connectivity index (χ1n) is 4.30. The Hall–Kier alpha value is -0.260. The second-order valence-corrected chi connectivity index (χ2v) is 3.30. The van der Waals surface area contributed by atoms with Gasteiger partial charge in [-0.2, -0.15) is 0 Å². The Kier molecular flexibility index (Phi) is 2.98. The van der Waals surface area contributed by atoms with E-state index in [9.17, 15) is 0 Å². The second kappa shape index (κ2) is 3.80. The molecule has 1 saturated carbocycles. The fourth-order valence-corrected chi connectivity index (χ4v) is 1.75. The van der Waals surface area contributed by atoms with Crippen molar-refractivity contribution in [2.75, 3.05) is 0 Å². The van der Waals surface area contributed by atoms with Crippen molar-refractivity contribution in [3.05, 3.63) is 19.6 Å². The van der Waals surface area contributed by atoms with Gasteiger partial charge in [0.15, 0.2) is 0 Å². The molecule has 57 valence electrons. The highest BCUT2D eigenvalue weighted by atomic mass is 14.2. The van der Waals surface area contributed by atoms with Crippen molar-refractivity contribution in [3.8, 4) is 0 Å². The summed E-state index contributed by atoms with van der Waals surface area (Å²) in [6.45, 7) is 7.84. The van der Waals surface area contributed by atoms with Crippen molar-refractivity contribution in [1.29, 1.82) is 0 Å². The molecule has 0 aromatic heterocycles. The predicted molar refractivity (Wildman–Crippen MR) is 45.6 cm³/mol. The average Bonchev–Trinajstić information content (AvgIpc) is 2.05. The fourth-order valence-electron chi connectivity index (χ4n) is 1.75. The highest BCUT2D eigenvalue weighted by Gasteiger charge is 2.16. The summed E-state index contributed by atoms with van der Waals surface area (Å²) in [6, 6.07) is 0. The Morgan fingerprint density at radius 1 is 1.20 bits per heavy atom. The first-order valence-corrected chi connectivity index (χ1v) is 4.30. The van der Waals surface area contributed by atoms with Crippen LogP contribution in [0.25, 0.3) is 0 Å². The molecule has 1 aliphatic carbocycles. The molecule has 1 atom stereocenters. The molecule has 1 rings (SSSR count). The van der Waals surface area contributed by atoms with Gasteiger partial charge in [-0.3, -0.25) is 0 Å². The first kappa shape index (κ1) is 7.84. The van der Waals surface area contributed by atoms with Gasteiger partial charge >= 0.3 is 0 Å². The Balaban J connectivity index is 2.30. The van der Waals surface area contributed by atoms with Gasteiger partial charge in [-0.05, 0) is 31.6 Å². The number of allylic oxidation sites excluding steroid dienone is 1. The molecule has 1 radical (unpaired) electrons. The summed E-state index contributed by atoms with van der Waals surface area (Å²) in [5.74, 6) is 1.34. The lowest BCUT2D eigenvalue weighted by Crippen LogP contribution is -2.13. The third-order valence-corrected chi connectivity index (χ3v) is 2.56. The Labute approximate surface area is 64.3 Å². The molecule has 0 nitrogen and oxygen atoms in total. The minimum absolute atomic E-state index is 0.500. The number of hydrogen-bond acceptors (Lipinski definition) is 0. The first-order chi connectivity index (χ1) is 4.84. The summed E-state index contributed by atoms with van der Waals surface area (Å²) in [5.41, 5.74) is 0. The molecule has 0 amide bonds. The zero-order chi connectivity index (χ0) is 7.40. The van der Waals surface area contributed by atoms with E-state index in [0.29, 0.717) is 5.92 Å². The Bertz CT molecular complexity index is 98.6. The van der Waals surface area contributed by atoms with Gasteiger partial charge < -0.3 is 0 Å². The van der Waals surface area contributed by atoms with Crippen LogP contribution in [0.2, 0.25) is 0 Å². The maximum Gasteiger partial charge on any atom is -0.0208 e. The van der Waals surface area contributed by atoms with Crippen LogP contribution in [0.3, 0.4) is 0 Å². The van der Waals surface area contributed by atoms with Gasteiger partial charge in [-0.25, -0.2) is 0 Å². The smallest absolute Gasteiger partial charge is 0.0208 e. The van der Waals surface area contributed by atoms with Crippen molar-refractivity contribution in [2.45, 2.75) is 32.1 Å². The van der Waals surface area contributed by atoms with Crippen LogP contribution in [-0.4, -0.2) is 0 Å². The molecule has 0 N–H and O–H groups in total. The fraction of sp³-hybridized carbons (Fsp3) is 0.700. The monoisotopic (exact) mass is 137 g/mol. The van der Waals surface area contributed by atoms with E-state index in [4.69, 9.17) is 0 Å². The SMILES string of the molecule is [CH2]C(C=C)C1CCCCC1. The van der Waals surface area contributed by atoms with Gasteiger partial charge in [0, 0.05) is 0 Å². The third-order valence-electron chi connectivity index (χ3n) is 2.56. The lowest BCUT2D eigenvalue weighted by molar-refractivity contribution is 0.317. The molecule has 0 heteroatoms. The Morgan fingerprint density at radius 3 is 2.30 bits per heavy atom. The maximum atomic E-state index is 4.06. The van der Waals surface area contributed by atoms with Crippen molar-refractivity contribution in [2.24, 2.45) is 11.8 Å². The van der Waals surface area contributed by atoms with E-state index in [1.165, 1.54) is 32.1 Å². The van der Waals surface area contributed by atoms with Crippen LogP contribution in [-0.2, 0) is 0 Å². The second-order valence-electron chi connectivity index (χ2n) is 3.30. The van der Waals surface area contributed by atoms with Gasteiger partial charge in [0.05, 0.1) is 0 Å².